The van der Waals surface area contributed by atoms with E-state index >= 15 is 0 Å². The summed E-state index contributed by atoms with van der Waals surface area (Å²) in [6, 6.07) is 16.2. The molecular weight excluding hydrogens is 536 g/mol. The summed E-state index contributed by atoms with van der Waals surface area (Å²) in [6.07, 6.45) is 9.34. The minimum atomic E-state index is -2.13. The van der Waals surface area contributed by atoms with Gasteiger partial charge in [0.15, 0.2) is 0 Å². The highest BCUT2D eigenvalue weighted by atomic mass is 35.5. The maximum absolute atomic E-state index is 11.2. The van der Waals surface area contributed by atoms with Crippen molar-refractivity contribution in [2.75, 3.05) is 41.1 Å². The Labute approximate surface area is 266 Å². The van der Waals surface area contributed by atoms with Crippen LogP contribution in [0.1, 0.15) is 107 Å². The maximum Gasteiger partial charge on any atom is 0.0728 e. The lowest BCUT2D eigenvalue weighted by atomic mass is 9.72. The van der Waals surface area contributed by atoms with E-state index in [4.69, 9.17) is 8.22 Å². The van der Waals surface area contributed by atoms with Gasteiger partial charge in [-0.3, -0.25) is 0 Å². The molecule has 2 aromatic carbocycles. The number of aliphatic hydroxyl groups is 2. The molecule has 0 amide bonds. The summed E-state index contributed by atoms with van der Waals surface area (Å²) in [7, 11) is 3.22. The summed E-state index contributed by atoms with van der Waals surface area (Å²) in [6.45, 7) is 0.486. The summed E-state index contributed by atoms with van der Waals surface area (Å²) >= 11 is 0. The third-order valence-electron chi connectivity index (χ3n) is 8.61. The van der Waals surface area contributed by atoms with E-state index in [0.29, 0.717) is 13.1 Å². The fourth-order valence-corrected chi connectivity index (χ4v) is 6.34. The summed E-state index contributed by atoms with van der Waals surface area (Å²) < 4.78 is 45.5. The molecule has 1 unspecified atom stereocenters. The predicted molar refractivity (Wildman–Crippen MR) is 179 cm³/mol. The molecule has 0 aliphatic heterocycles. The number of nitrogens with zero attached hydrogens (tertiary/aromatic N) is 2. The first kappa shape index (κ1) is 27.7. The Kier molecular flexibility index (Phi) is 11.9. The zero-order chi connectivity index (χ0) is 32.8. The molecule has 0 bridgehead atoms. The Bertz CT molecular complexity index is 1060. The van der Waals surface area contributed by atoms with Crippen molar-refractivity contribution in [1.29, 1.82) is 0 Å². The molecule has 0 saturated heterocycles. The van der Waals surface area contributed by atoms with Crippen LogP contribution < -0.4 is 0 Å². The summed E-state index contributed by atoms with van der Waals surface area (Å²) in [5, 5.41) is 22.3. The van der Waals surface area contributed by atoms with Crippen LogP contribution in [0.4, 0.5) is 0 Å². The van der Waals surface area contributed by atoms with Crippen molar-refractivity contribution in [2.45, 2.75) is 101 Å². The van der Waals surface area contributed by atoms with Crippen LogP contribution in [0.15, 0.2) is 48.5 Å². The highest BCUT2D eigenvalue weighted by Gasteiger charge is 2.39. The summed E-state index contributed by atoms with van der Waals surface area (Å²) in [5.74, 6) is -0.336. The fraction of sp³-hybridized carbons (Fsp3) is 0.647. The average Bonchev–Trinajstić information content (AvgIpc) is 2.95. The van der Waals surface area contributed by atoms with E-state index in [9.17, 15) is 10.2 Å². The number of likely N-dealkylation sites (N-methyl/N-ethyl adjacent to an activating group) is 2. The second-order valence-corrected chi connectivity index (χ2v) is 12.0. The number of rotatable bonds is 8. The standard InChI is InChI=1S/2C17H27NO.ClH.H2S/c2*1-14-7-9-15(10-8-14)16(13-18(2)3)17(19)11-5-4-6-12-17;;/h2*7-10,16,19H,4-6,11-13H2,1-3H3;1H;1H2/t16-;;;/m1.../s1/i2*2D3;;. The molecule has 2 atom stereocenters. The van der Waals surface area contributed by atoms with Crippen LogP contribution in [0.5, 0.6) is 0 Å². The topological polar surface area (TPSA) is 46.9 Å². The second-order valence-electron chi connectivity index (χ2n) is 12.0. The van der Waals surface area contributed by atoms with Crippen LogP contribution in [0.2, 0.25) is 0 Å². The highest BCUT2D eigenvalue weighted by molar-refractivity contribution is 7.59. The lowest BCUT2D eigenvalue weighted by Crippen LogP contribution is -2.42. The van der Waals surface area contributed by atoms with Gasteiger partial charge in [-0.15, -0.1) is 12.4 Å². The lowest BCUT2D eigenvalue weighted by Gasteiger charge is -2.40. The number of benzene rings is 2. The zero-order valence-electron chi connectivity index (χ0n) is 31.0. The minimum Gasteiger partial charge on any atom is -0.389 e. The van der Waals surface area contributed by atoms with Crippen LogP contribution in [0, 0.1) is 13.8 Å². The van der Waals surface area contributed by atoms with E-state index < -0.39 is 25.2 Å². The largest absolute Gasteiger partial charge is 0.389 e. The maximum atomic E-state index is 11.2. The third kappa shape index (κ3) is 10.6. The van der Waals surface area contributed by atoms with Gasteiger partial charge in [0.1, 0.15) is 0 Å². The third-order valence-corrected chi connectivity index (χ3v) is 8.61. The number of halogens is 1. The van der Waals surface area contributed by atoms with Crippen LogP contribution in [-0.2, 0) is 0 Å². The molecule has 6 heteroatoms. The van der Waals surface area contributed by atoms with Gasteiger partial charge in [-0.1, -0.05) is 98.2 Å². The molecule has 0 radical (unpaired) electrons. The van der Waals surface area contributed by atoms with Crippen molar-refractivity contribution in [2.24, 2.45) is 0 Å². The predicted octanol–water partition coefficient (Wildman–Crippen LogP) is 7.21. The normalized spacial score (nSPS) is 22.3. The monoisotopic (exact) mass is 598 g/mol. The highest BCUT2D eigenvalue weighted by Crippen LogP contribution is 2.41. The van der Waals surface area contributed by atoms with Gasteiger partial charge in [-0.2, -0.15) is 13.5 Å². The van der Waals surface area contributed by atoms with E-state index in [1.165, 1.54) is 20.9 Å². The van der Waals surface area contributed by atoms with E-state index in [1.54, 1.807) is 14.1 Å². The lowest BCUT2D eigenvalue weighted by molar-refractivity contribution is -0.0280. The van der Waals surface area contributed by atoms with E-state index in [2.05, 4.69) is 0 Å². The van der Waals surface area contributed by atoms with E-state index in [0.717, 1.165) is 75.3 Å². The molecule has 2 aliphatic rings. The number of aryl methyl sites for hydroxylation is 2. The van der Waals surface area contributed by atoms with Crippen LogP contribution >= 0.6 is 25.9 Å². The van der Waals surface area contributed by atoms with Gasteiger partial charge in [-0.25, -0.2) is 0 Å². The Morgan fingerprint density at radius 3 is 1.23 bits per heavy atom. The van der Waals surface area contributed by atoms with Crippen molar-refractivity contribution in [3.63, 3.8) is 0 Å². The molecule has 2 fully saturated rings. The van der Waals surface area contributed by atoms with Crippen molar-refractivity contribution >= 4 is 25.9 Å². The number of hydrogen-bond acceptors (Lipinski definition) is 4. The Balaban J connectivity index is 0.000000441. The molecule has 40 heavy (non-hydrogen) atoms. The SMILES string of the molecule is Cl.S.[2H]C([2H])([2H])N(C)CC(c1ccc(C)cc1)C1(O)CCCCC1.[2H]C([2H])([2H])N(C)C[C@H](c1ccc(C)cc1)C1(O)CCCCC1. The molecule has 2 aliphatic carbocycles. The minimum absolute atomic E-state index is 0. The molecule has 4 rings (SSSR count). The van der Waals surface area contributed by atoms with Gasteiger partial charge < -0.3 is 20.0 Å². The first-order valence-electron chi connectivity index (χ1n) is 17.4. The molecule has 0 spiro atoms. The first-order valence-corrected chi connectivity index (χ1v) is 14.4. The second kappa shape index (κ2) is 17.1. The zero-order valence-corrected chi connectivity index (χ0v) is 26.8. The van der Waals surface area contributed by atoms with Gasteiger partial charge in [0, 0.05) is 33.1 Å². The average molecular weight is 599 g/mol. The quantitative estimate of drug-likeness (QED) is 0.337. The molecule has 2 saturated carbocycles. The molecule has 2 aromatic rings. The summed E-state index contributed by atoms with van der Waals surface area (Å²) in [5.41, 5.74) is 2.81. The van der Waals surface area contributed by atoms with E-state index in [1.807, 2.05) is 62.4 Å². The fourth-order valence-electron chi connectivity index (χ4n) is 6.34. The summed E-state index contributed by atoms with van der Waals surface area (Å²) in [4.78, 5) is 2.76. The van der Waals surface area contributed by atoms with Crippen LogP contribution in [0.3, 0.4) is 0 Å². The molecule has 0 aromatic heterocycles. The Hall–Kier alpha value is -1.08. The van der Waals surface area contributed by atoms with Crippen LogP contribution in [0.25, 0.3) is 0 Å². The van der Waals surface area contributed by atoms with E-state index in [-0.39, 0.29) is 37.7 Å². The van der Waals surface area contributed by atoms with Gasteiger partial charge in [0.25, 0.3) is 0 Å². The van der Waals surface area contributed by atoms with Crippen LogP contribution in [-0.4, -0.2) is 72.4 Å². The molecule has 2 N–H and O–H groups in total. The van der Waals surface area contributed by atoms with Crippen molar-refractivity contribution < 1.29 is 18.4 Å². The number of hydrogen-bond donors (Lipinski definition) is 2. The van der Waals surface area contributed by atoms with Crippen molar-refractivity contribution in [3.05, 3.63) is 70.8 Å². The van der Waals surface area contributed by atoms with Crippen molar-refractivity contribution in [3.8, 4) is 0 Å². The first-order chi connectivity index (χ1) is 20.4. The Morgan fingerprint density at radius 1 is 0.650 bits per heavy atom. The van der Waals surface area contributed by atoms with Crippen molar-refractivity contribution in [1.82, 2.24) is 9.80 Å². The molecular formula is C34H57ClN2O2S. The molecule has 228 valence electrons. The van der Waals surface area contributed by atoms with Gasteiger partial charge >= 0.3 is 0 Å². The Morgan fingerprint density at radius 2 is 0.950 bits per heavy atom. The van der Waals surface area contributed by atoms with Gasteiger partial charge in [0.2, 0.25) is 0 Å². The van der Waals surface area contributed by atoms with Gasteiger partial charge in [-0.05, 0) is 78.7 Å². The molecule has 0 heterocycles. The smallest absolute Gasteiger partial charge is 0.0728 e. The van der Waals surface area contributed by atoms with Gasteiger partial charge in [0.05, 0.1) is 11.2 Å². The molecule has 4 nitrogen and oxygen atoms in total.